The number of ether oxygens (including phenoxy) is 1. The van der Waals surface area contributed by atoms with E-state index < -0.39 is 0 Å². The van der Waals surface area contributed by atoms with Gasteiger partial charge in [0.15, 0.2) is 11.5 Å². The van der Waals surface area contributed by atoms with E-state index in [1.165, 1.54) is 0 Å². The van der Waals surface area contributed by atoms with Crippen molar-refractivity contribution in [3.63, 3.8) is 0 Å². The lowest BCUT2D eigenvalue weighted by Crippen LogP contribution is -2.24. The van der Waals surface area contributed by atoms with E-state index in [1.54, 1.807) is 13.3 Å². The SMILES string of the molecule is CNc1cn2ccnc2c(N2CCC(OC)C2)n1. The van der Waals surface area contributed by atoms with Crippen molar-refractivity contribution in [1.82, 2.24) is 14.4 Å². The molecule has 0 aromatic carbocycles. The van der Waals surface area contributed by atoms with Crippen molar-refractivity contribution in [3.8, 4) is 0 Å². The third kappa shape index (κ3) is 1.78. The van der Waals surface area contributed by atoms with Crippen molar-refractivity contribution < 1.29 is 4.74 Å². The Morgan fingerprint density at radius 1 is 1.50 bits per heavy atom. The van der Waals surface area contributed by atoms with Gasteiger partial charge < -0.3 is 19.4 Å². The topological polar surface area (TPSA) is 54.7 Å². The highest BCUT2D eigenvalue weighted by atomic mass is 16.5. The van der Waals surface area contributed by atoms with Crippen molar-refractivity contribution in [3.05, 3.63) is 18.6 Å². The Bertz CT molecular complexity index is 552. The Morgan fingerprint density at radius 3 is 3.11 bits per heavy atom. The summed E-state index contributed by atoms with van der Waals surface area (Å²) in [6.07, 6.45) is 7.00. The smallest absolute Gasteiger partial charge is 0.180 e. The van der Waals surface area contributed by atoms with Gasteiger partial charge in [0, 0.05) is 39.6 Å². The first kappa shape index (κ1) is 11.3. The molecule has 6 nitrogen and oxygen atoms in total. The van der Waals surface area contributed by atoms with E-state index >= 15 is 0 Å². The molecule has 1 unspecified atom stereocenters. The number of aromatic nitrogens is 3. The second-order valence-corrected chi connectivity index (χ2v) is 4.45. The number of hydrogen-bond donors (Lipinski definition) is 1. The summed E-state index contributed by atoms with van der Waals surface area (Å²) in [4.78, 5) is 11.2. The first-order valence-corrected chi connectivity index (χ1v) is 6.11. The molecular weight excluding hydrogens is 230 g/mol. The van der Waals surface area contributed by atoms with E-state index in [2.05, 4.69) is 20.2 Å². The maximum absolute atomic E-state index is 5.40. The molecule has 1 saturated heterocycles. The number of nitrogens with zero attached hydrogens (tertiary/aromatic N) is 4. The van der Waals surface area contributed by atoms with Crippen LogP contribution in [0.5, 0.6) is 0 Å². The summed E-state index contributed by atoms with van der Waals surface area (Å²) in [6.45, 7) is 1.83. The van der Waals surface area contributed by atoms with Crippen LogP contribution in [0.2, 0.25) is 0 Å². The van der Waals surface area contributed by atoms with Crippen molar-refractivity contribution in [2.75, 3.05) is 37.5 Å². The molecule has 18 heavy (non-hydrogen) atoms. The van der Waals surface area contributed by atoms with Gasteiger partial charge in [-0.2, -0.15) is 0 Å². The number of methoxy groups -OCH3 is 1. The van der Waals surface area contributed by atoms with E-state index in [0.717, 1.165) is 36.8 Å². The predicted octanol–water partition coefficient (Wildman–Crippen LogP) is 0.996. The summed E-state index contributed by atoms with van der Waals surface area (Å²) >= 11 is 0. The lowest BCUT2D eigenvalue weighted by atomic mass is 10.3. The molecule has 0 spiro atoms. The number of anilines is 2. The second-order valence-electron chi connectivity index (χ2n) is 4.45. The Labute approximate surface area is 106 Å². The van der Waals surface area contributed by atoms with Crippen LogP contribution in [0.1, 0.15) is 6.42 Å². The molecule has 1 aliphatic rings. The standard InChI is InChI=1S/C12H17N5O/c1-13-10-8-17-6-4-14-11(17)12(15-10)16-5-3-9(7-16)18-2/h4,6,8-9,13H,3,5,7H2,1-2H3. The molecular formula is C12H17N5O. The van der Waals surface area contributed by atoms with E-state index in [0.29, 0.717) is 6.10 Å². The minimum atomic E-state index is 0.292. The van der Waals surface area contributed by atoms with Crippen LogP contribution in [0.25, 0.3) is 5.65 Å². The highest BCUT2D eigenvalue weighted by Crippen LogP contribution is 2.25. The maximum Gasteiger partial charge on any atom is 0.180 e. The molecule has 0 aliphatic carbocycles. The Kier molecular flexibility index (Phi) is 2.79. The fourth-order valence-electron chi connectivity index (χ4n) is 2.36. The third-order valence-electron chi connectivity index (χ3n) is 3.39. The van der Waals surface area contributed by atoms with Gasteiger partial charge in [0.1, 0.15) is 5.82 Å². The Balaban J connectivity index is 2.02. The van der Waals surface area contributed by atoms with Crippen LogP contribution in [-0.4, -0.2) is 47.7 Å². The van der Waals surface area contributed by atoms with Crippen molar-refractivity contribution in [2.24, 2.45) is 0 Å². The lowest BCUT2D eigenvalue weighted by molar-refractivity contribution is 0.121. The minimum Gasteiger partial charge on any atom is -0.380 e. The van der Waals surface area contributed by atoms with Gasteiger partial charge in [-0.05, 0) is 6.42 Å². The monoisotopic (exact) mass is 247 g/mol. The molecule has 0 bridgehead atoms. The fraction of sp³-hybridized carbons (Fsp3) is 0.500. The van der Waals surface area contributed by atoms with Crippen LogP contribution >= 0.6 is 0 Å². The molecule has 1 fully saturated rings. The average molecular weight is 247 g/mol. The van der Waals surface area contributed by atoms with Crippen LogP contribution in [0, 0.1) is 0 Å². The normalized spacial score (nSPS) is 19.7. The molecule has 6 heteroatoms. The van der Waals surface area contributed by atoms with Crippen LogP contribution < -0.4 is 10.2 Å². The number of nitrogens with one attached hydrogen (secondary N) is 1. The summed E-state index contributed by atoms with van der Waals surface area (Å²) in [7, 11) is 3.63. The molecule has 0 radical (unpaired) electrons. The molecule has 3 rings (SSSR count). The zero-order valence-electron chi connectivity index (χ0n) is 10.6. The summed E-state index contributed by atoms with van der Waals surface area (Å²) in [5.74, 6) is 1.77. The Morgan fingerprint density at radius 2 is 2.39 bits per heavy atom. The largest absolute Gasteiger partial charge is 0.380 e. The highest BCUT2D eigenvalue weighted by Gasteiger charge is 2.25. The van der Waals surface area contributed by atoms with Gasteiger partial charge in [-0.1, -0.05) is 0 Å². The quantitative estimate of drug-likeness (QED) is 0.876. The molecule has 2 aromatic rings. The summed E-state index contributed by atoms with van der Waals surface area (Å²) in [5, 5.41) is 3.08. The van der Waals surface area contributed by atoms with Gasteiger partial charge in [-0.15, -0.1) is 0 Å². The van der Waals surface area contributed by atoms with Crippen molar-refractivity contribution in [1.29, 1.82) is 0 Å². The molecule has 1 N–H and O–H groups in total. The number of hydrogen-bond acceptors (Lipinski definition) is 5. The van der Waals surface area contributed by atoms with Crippen LogP contribution in [0.3, 0.4) is 0 Å². The van der Waals surface area contributed by atoms with Gasteiger partial charge in [-0.25, -0.2) is 9.97 Å². The molecule has 3 heterocycles. The van der Waals surface area contributed by atoms with Crippen LogP contribution in [-0.2, 0) is 4.74 Å². The lowest BCUT2D eigenvalue weighted by Gasteiger charge is -2.18. The number of imidazole rings is 1. The summed E-state index contributed by atoms with van der Waals surface area (Å²) in [6, 6.07) is 0. The Hall–Kier alpha value is -1.82. The first-order chi connectivity index (χ1) is 8.81. The predicted molar refractivity (Wildman–Crippen MR) is 70.2 cm³/mol. The fourth-order valence-corrected chi connectivity index (χ4v) is 2.36. The minimum absolute atomic E-state index is 0.292. The molecule has 1 aliphatic heterocycles. The van der Waals surface area contributed by atoms with E-state index in [-0.39, 0.29) is 0 Å². The van der Waals surface area contributed by atoms with Gasteiger partial charge >= 0.3 is 0 Å². The molecule has 2 aromatic heterocycles. The summed E-state index contributed by atoms with van der Waals surface area (Å²) in [5.41, 5.74) is 0.894. The maximum atomic E-state index is 5.40. The van der Waals surface area contributed by atoms with Crippen molar-refractivity contribution in [2.45, 2.75) is 12.5 Å². The van der Waals surface area contributed by atoms with E-state index in [4.69, 9.17) is 4.74 Å². The third-order valence-corrected chi connectivity index (χ3v) is 3.39. The molecule has 96 valence electrons. The molecule has 0 saturated carbocycles. The van der Waals surface area contributed by atoms with E-state index in [9.17, 15) is 0 Å². The second kappa shape index (κ2) is 4.45. The number of rotatable bonds is 3. The van der Waals surface area contributed by atoms with Crippen molar-refractivity contribution >= 4 is 17.3 Å². The summed E-state index contributed by atoms with van der Waals surface area (Å²) < 4.78 is 7.40. The first-order valence-electron chi connectivity index (χ1n) is 6.11. The van der Waals surface area contributed by atoms with E-state index in [1.807, 2.05) is 23.8 Å². The highest BCUT2D eigenvalue weighted by molar-refractivity contribution is 5.67. The van der Waals surface area contributed by atoms with Crippen LogP contribution in [0.15, 0.2) is 18.6 Å². The van der Waals surface area contributed by atoms with Gasteiger partial charge in [0.2, 0.25) is 0 Å². The van der Waals surface area contributed by atoms with Crippen LogP contribution in [0.4, 0.5) is 11.6 Å². The van der Waals surface area contributed by atoms with Gasteiger partial charge in [0.05, 0.1) is 12.3 Å². The average Bonchev–Trinajstić information content (AvgIpc) is 3.05. The van der Waals surface area contributed by atoms with Gasteiger partial charge in [0.25, 0.3) is 0 Å². The zero-order chi connectivity index (χ0) is 12.5. The molecule has 0 amide bonds. The molecule has 1 atom stereocenters. The zero-order valence-corrected chi connectivity index (χ0v) is 10.6. The van der Waals surface area contributed by atoms with Gasteiger partial charge in [-0.3, -0.25) is 0 Å². The number of fused-ring (bicyclic) bond motifs is 1.